The topological polar surface area (TPSA) is 21.3 Å². The van der Waals surface area contributed by atoms with Crippen molar-refractivity contribution in [2.45, 2.75) is 51.7 Å². The molecule has 2 fully saturated rings. The quantitative estimate of drug-likeness (QED) is 0.865. The average molecular weight is 291 g/mol. The molecule has 1 aromatic rings. The molecular weight excluding hydrogens is 265 g/mol. The molecule has 3 heteroatoms. The van der Waals surface area contributed by atoms with Crippen LogP contribution in [0.5, 0.6) is 0 Å². The van der Waals surface area contributed by atoms with Gasteiger partial charge in [-0.2, -0.15) is 0 Å². The molecule has 1 N–H and O–H groups in total. The van der Waals surface area contributed by atoms with Crippen LogP contribution < -0.4 is 5.32 Å². The van der Waals surface area contributed by atoms with Gasteiger partial charge in [0, 0.05) is 24.6 Å². The molecule has 0 spiro atoms. The van der Waals surface area contributed by atoms with Crippen LogP contribution >= 0.6 is 0 Å². The van der Waals surface area contributed by atoms with Crippen LogP contribution in [-0.2, 0) is 11.2 Å². The molecule has 3 rings (SSSR count). The summed E-state index contributed by atoms with van der Waals surface area (Å²) in [5, 5.41) is 3.58. The van der Waals surface area contributed by atoms with Gasteiger partial charge in [-0.15, -0.1) is 0 Å². The van der Waals surface area contributed by atoms with Gasteiger partial charge in [-0.05, 0) is 43.2 Å². The third kappa shape index (κ3) is 3.29. The fraction of sp³-hybridized carbons (Fsp3) is 0.667. The maximum atomic E-state index is 14.1. The third-order valence-corrected chi connectivity index (χ3v) is 4.91. The van der Waals surface area contributed by atoms with Gasteiger partial charge in [0.1, 0.15) is 5.82 Å². The standard InChI is InChI=1S/C18H26FNO/c1-13(2)20-12-18(9-10-21-17(18)14-7-8-14)11-15-5-3-4-6-16(15)19/h3-6,13-14,17,20H,7-12H2,1-2H3. The van der Waals surface area contributed by atoms with Gasteiger partial charge in [0.15, 0.2) is 0 Å². The van der Waals surface area contributed by atoms with E-state index in [0.717, 1.165) is 31.6 Å². The number of halogens is 1. The maximum absolute atomic E-state index is 14.1. The van der Waals surface area contributed by atoms with Crippen molar-refractivity contribution in [3.63, 3.8) is 0 Å². The van der Waals surface area contributed by atoms with E-state index < -0.39 is 0 Å². The fourth-order valence-corrected chi connectivity index (χ4v) is 3.61. The van der Waals surface area contributed by atoms with E-state index in [2.05, 4.69) is 19.2 Å². The lowest BCUT2D eigenvalue weighted by atomic mass is 9.73. The summed E-state index contributed by atoms with van der Waals surface area (Å²) in [7, 11) is 0. The fourth-order valence-electron chi connectivity index (χ4n) is 3.61. The molecule has 1 aromatic carbocycles. The van der Waals surface area contributed by atoms with Crippen LogP contribution in [0.25, 0.3) is 0 Å². The highest BCUT2D eigenvalue weighted by Gasteiger charge is 2.50. The molecular formula is C18H26FNO. The zero-order valence-electron chi connectivity index (χ0n) is 13.1. The summed E-state index contributed by atoms with van der Waals surface area (Å²) in [6.07, 6.45) is 4.64. The summed E-state index contributed by atoms with van der Waals surface area (Å²) in [4.78, 5) is 0. The highest BCUT2D eigenvalue weighted by Crippen LogP contribution is 2.49. The minimum absolute atomic E-state index is 0.0492. The molecule has 2 aliphatic rings. The number of rotatable bonds is 6. The molecule has 0 bridgehead atoms. The van der Waals surface area contributed by atoms with E-state index in [1.54, 1.807) is 12.1 Å². The Balaban J connectivity index is 1.83. The SMILES string of the molecule is CC(C)NCC1(Cc2ccccc2F)CCOC1C1CC1. The van der Waals surface area contributed by atoms with Crippen molar-refractivity contribution < 1.29 is 9.13 Å². The van der Waals surface area contributed by atoms with Crippen molar-refractivity contribution >= 4 is 0 Å². The lowest BCUT2D eigenvalue weighted by Gasteiger charge is -2.36. The van der Waals surface area contributed by atoms with Gasteiger partial charge in [-0.3, -0.25) is 0 Å². The first-order valence-electron chi connectivity index (χ1n) is 8.19. The second kappa shape index (κ2) is 6.05. The van der Waals surface area contributed by atoms with E-state index in [0.29, 0.717) is 18.1 Å². The molecule has 2 unspecified atom stereocenters. The predicted octanol–water partition coefficient (Wildman–Crippen LogP) is 3.55. The Morgan fingerprint density at radius 1 is 1.33 bits per heavy atom. The van der Waals surface area contributed by atoms with E-state index >= 15 is 0 Å². The van der Waals surface area contributed by atoms with Gasteiger partial charge in [0.25, 0.3) is 0 Å². The van der Waals surface area contributed by atoms with E-state index in [1.165, 1.54) is 12.8 Å². The molecule has 0 amide bonds. The summed E-state index contributed by atoms with van der Waals surface area (Å²) >= 11 is 0. The van der Waals surface area contributed by atoms with Crippen molar-refractivity contribution in [2.24, 2.45) is 11.3 Å². The Morgan fingerprint density at radius 3 is 2.76 bits per heavy atom. The van der Waals surface area contributed by atoms with E-state index in [4.69, 9.17) is 4.74 Å². The molecule has 1 saturated heterocycles. The van der Waals surface area contributed by atoms with Crippen molar-refractivity contribution in [1.82, 2.24) is 5.32 Å². The first kappa shape index (κ1) is 15.0. The molecule has 1 heterocycles. The van der Waals surface area contributed by atoms with E-state index in [9.17, 15) is 4.39 Å². The third-order valence-electron chi connectivity index (χ3n) is 4.91. The first-order valence-corrected chi connectivity index (χ1v) is 8.19. The van der Waals surface area contributed by atoms with Gasteiger partial charge < -0.3 is 10.1 Å². The van der Waals surface area contributed by atoms with Crippen LogP contribution in [0.1, 0.15) is 38.7 Å². The first-order chi connectivity index (χ1) is 10.1. The number of hydrogen-bond acceptors (Lipinski definition) is 2. The lowest BCUT2D eigenvalue weighted by molar-refractivity contribution is 0.0295. The number of hydrogen-bond donors (Lipinski definition) is 1. The van der Waals surface area contributed by atoms with Gasteiger partial charge >= 0.3 is 0 Å². The molecule has 1 aliphatic carbocycles. The second-order valence-electron chi connectivity index (χ2n) is 7.04. The Labute approximate surface area is 127 Å². The Morgan fingerprint density at radius 2 is 2.10 bits per heavy atom. The zero-order chi connectivity index (χ0) is 14.9. The van der Waals surface area contributed by atoms with Crippen molar-refractivity contribution in [3.05, 3.63) is 35.6 Å². The molecule has 116 valence electrons. The van der Waals surface area contributed by atoms with E-state index in [-0.39, 0.29) is 11.2 Å². The van der Waals surface area contributed by atoms with Gasteiger partial charge in [-0.25, -0.2) is 4.39 Å². The molecule has 0 aromatic heterocycles. The number of ether oxygens (including phenoxy) is 1. The molecule has 1 saturated carbocycles. The maximum Gasteiger partial charge on any atom is 0.126 e. The molecule has 0 radical (unpaired) electrons. The highest BCUT2D eigenvalue weighted by atomic mass is 19.1. The average Bonchev–Trinajstić information content (AvgIpc) is 3.21. The predicted molar refractivity (Wildman–Crippen MR) is 82.8 cm³/mol. The van der Waals surface area contributed by atoms with Crippen LogP contribution in [0.4, 0.5) is 4.39 Å². The van der Waals surface area contributed by atoms with Gasteiger partial charge in [0.2, 0.25) is 0 Å². The summed E-state index contributed by atoms with van der Waals surface area (Å²) in [6, 6.07) is 7.64. The van der Waals surface area contributed by atoms with E-state index in [1.807, 2.05) is 12.1 Å². The van der Waals surface area contributed by atoms with Crippen LogP contribution in [0.2, 0.25) is 0 Å². The minimum atomic E-state index is -0.0807. The summed E-state index contributed by atoms with van der Waals surface area (Å²) in [5.41, 5.74) is 0.882. The lowest BCUT2D eigenvalue weighted by Crippen LogP contribution is -2.45. The Kier molecular flexibility index (Phi) is 4.32. The largest absolute Gasteiger partial charge is 0.377 e. The number of nitrogens with one attached hydrogen (secondary N) is 1. The monoisotopic (exact) mass is 291 g/mol. The van der Waals surface area contributed by atoms with Crippen molar-refractivity contribution in [3.8, 4) is 0 Å². The molecule has 21 heavy (non-hydrogen) atoms. The zero-order valence-corrected chi connectivity index (χ0v) is 13.1. The van der Waals surface area contributed by atoms with Crippen LogP contribution in [0, 0.1) is 17.2 Å². The van der Waals surface area contributed by atoms with Crippen molar-refractivity contribution in [2.75, 3.05) is 13.2 Å². The Bertz CT molecular complexity index is 486. The van der Waals surface area contributed by atoms with Crippen LogP contribution in [0.3, 0.4) is 0 Å². The van der Waals surface area contributed by atoms with Gasteiger partial charge in [-0.1, -0.05) is 32.0 Å². The second-order valence-corrected chi connectivity index (χ2v) is 7.04. The Hall–Kier alpha value is -0.930. The summed E-state index contributed by atoms with van der Waals surface area (Å²) in [5.74, 6) is 0.608. The summed E-state index contributed by atoms with van der Waals surface area (Å²) in [6.45, 7) is 6.06. The normalized spacial score (nSPS) is 29.2. The van der Waals surface area contributed by atoms with Crippen molar-refractivity contribution in [1.29, 1.82) is 0 Å². The molecule has 2 nitrogen and oxygen atoms in total. The van der Waals surface area contributed by atoms with Gasteiger partial charge in [0.05, 0.1) is 6.10 Å². The molecule has 1 aliphatic heterocycles. The number of benzene rings is 1. The highest BCUT2D eigenvalue weighted by molar-refractivity contribution is 5.21. The smallest absolute Gasteiger partial charge is 0.126 e. The summed E-state index contributed by atoms with van der Waals surface area (Å²) < 4.78 is 20.2. The van der Waals surface area contributed by atoms with Crippen LogP contribution in [0.15, 0.2) is 24.3 Å². The molecule has 2 atom stereocenters. The van der Waals surface area contributed by atoms with Crippen LogP contribution in [-0.4, -0.2) is 25.3 Å². The minimum Gasteiger partial charge on any atom is -0.377 e.